The van der Waals surface area contributed by atoms with Crippen molar-refractivity contribution >= 4 is 56.0 Å². The first-order chi connectivity index (χ1) is 10.3. The standard InChI is InChI=1S/C14H21IN2O3S2/c1-4-22(19,20)17-13(7-8-21-3)14(18)16-12-6-5-11(15)9-10(12)2/h5-6,9,13,17H,4,7-8H2,1-3H3,(H,16,18). The number of hydrogen-bond acceptors (Lipinski definition) is 4. The highest BCUT2D eigenvalue weighted by atomic mass is 127. The lowest BCUT2D eigenvalue weighted by molar-refractivity contribution is -0.117. The Labute approximate surface area is 150 Å². The molecule has 0 aliphatic heterocycles. The van der Waals surface area contributed by atoms with Crippen LogP contribution in [0.25, 0.3) is 0 Å². The maximum absolute atomic E-state index is 12.4. The van der Waals surface area contributed by atoms with Crippen LogP contribution in [0.2, 0.25) is 0 Å². The van der Waals surface area contributed by atoms with Crippen molar-refractivity contribution in [3.63, 3.8) is 0 Å². The van der Waals surface area contributed by atoms with Gasteiger partial charge in [-0.2, -0.15) is 11.8 Å². The normalized spacial score (nSPS) is 12.9. The fourth-order valence-electron chi connectivity index (χ4n) is 1.77. The largest absolute Gasteiger partial charge is 0.324 e. The Kier molecular flexibility index (Phi) is 8.15. The Morgan fingerprint density at radius 2 is 2.09 bits per heavy atom. The molecule has 0 aliphatic rings. The predicted molar refractivity (Wildman–Crippen MR) is 102 cm³/mol. The summed E-state index contributed by atoms with van der Waals surface area (Å²) in [5, 5.41) is 2.81. The van der Waals surface area contributed by atoms with E-state index in [0.29, 0.717) is 17.9 Å². The third kappa shape index (κ3) is 6.43. The van der Waals surface area contributed by atoms with Crippen LogP contribution in [-0.4, -0.2) is 38.1 Å². The number of sulfonamides is 1. The van der Waals surface area contributed by atoms with Crippen LogP contribution in [0, 0.1) is 10.5 Å². The second kappa shape index (κ2) is 9.09. The van der Waals surface area contributed by atoms with Crippen molar-refractivity contribution in [1.82, 2.24) is 4.72 Å². The van der Waals surface area contributed by atoms with Gasteiger partial charge in [0.1, 0.15) is 6.04 Å². The first-order valence-corrected chi connectivity index (χ1v) is 11.0. The minimum atomic E-state index is -3.42. The molecule has 2 N–H and O–H groups in total. The number of carbonyl (C=O) groups is 1. The van der Waals surface area contributed by atoms with Crippen LogP contribution in [0.1, 0.15) is 18.9 Å². The second-order valence-electron chi connectivity index (χ2n) is 4.80. The number of hydrogen-bond donors (Lipinski definition) is 2. The highest BCUT2D eigenvalue weighted by Gasteiger charge is 2.23. The fourth-order valence-corrected chi connectivity index (χ4v) is 3.71. The number of aryl methyl sites for hydroxylation is 1. The zero-order valence-corrected chi connectivity index (χ0v) is 16.6. The molecule has 1 aromatic rings. The van der Waals surface area contributed by atoms with Crippen molar-refractivity contribution in [2.75, 3.05) is 23.1 Å². The zero-order chi connectivity index (χ0) is 16.8. The number of thioether (sulfide) groups is 1. The van der Waals surface area contributed by atoms with Crippen LogP contribution in [0.4, 0.5) is 5.69 Å². The average molecular weight is 456 g/mol. The van der Waals surface area contributed by atoms with E-state index < -0.39 is 16.1 Å². The SMILES string of the molecule is CCS(=O)(=O)NC(CCSC)C(=O)Nc1ccc(I)cc1C. The molecule has 22 heavy (non-hydrogen) atoms. The van der Waals surface area contributed by atoms with Crippen molar-refractivity contribution in [3.8, 4) is 0 Å². The van der Waals surface area contributed by atoms with Crippen molar-refractivity contribution in [3.05, 3.63) is 27.3 Å². The van der Waals surface area contributed by atoms with Gasteiger partial charge in [0, 0.05) is 9.26 Å². The summed E-state index contributed by atoms with van der Waals surface area (Å²) in [4.78, 5) is 12.4. The third-order valence-corrected chi connectivity index (χ3v) is 5.79. The van der Waals surface area contributed by atoms with Gasteiger partial charge in [-0.05, 0) is 78.6 Å². The van der Waals surface area contributed by atoms with E-state index in [1.165, 1.54) is 0 Å². The highest BCUT2D eigenvalue weighted by Crippen LogP contribution is 2.18. The summed E-state index contributed by atoms with van der Waals surface area (Å²) in [5.41, 5.74) is 1.65. The van der Waals surface area contributed by atoms with E-state index in [0.717, 1.165) is 9.13 Å². The number of carbonyl (C=O) groups excluding carboxylic acids is 1. The van der Waals surface area contributed by atoms with Gasteiger partial charge >= 0.3 is 0 Å². The van der Waals surface area contributed by atoms with E-state index in [9.17, 15) is 13.2 Å². The number of benzene rings is 1. The molecule has 0 radical (unpaired) electrons. The molecule has 0 fully saturated rings. The van der Waals surface area contributed by atoms with Crippen LogP contribution < -0.4 is 10.0 Å². The number of nitrogens with one attached hydrogen (secondary N) is 2. The minimum Gasteiger partial charge on any atom is -0.324 e. The van der Waals surface area contributed by atoms with Gasteiger partial charge in [-0.1, -0.05) is 0 Å². The summed E-state index contributed by atoms with van der Waals surface area (Å²) in [5.74, 6) is 0.338. The van der Waals surface area contributed by atoms with Crippen molar-refractivity contribution in [2.45, 2.75) is 26.3 Å². The van der Waals surface area contributed by atoms with Gasteiger partial charge in [-0.15, -0.1) is 0 Å². The summed E-state index contributed by atoms with van der Waals surface area (Å²) in [6.45, 7) is 3.46. The molecule has 0 saturated carbocycles. The number of rotatable bonds is 8. The molecule has 0 heterocycles. The first-order valence-electron chi connectivity index (χ1n) is 6.85. The van der Waals surface area contributed by atoms with Gasteiger partial charge in [0.25, 0.3) is 0 Å². The molecule has 0 aromatic heterocycles. The molecule has 1 rings (SSSR count). The molecular weight excluding hydrogens is 435 g/mol. The maximum atomic E-state index is 12.4. The molecule has 5 nitrogen and oxygen atoms in total. The molecule has 0 saturated heterocycles. The van der Waals surface area contributed by atoms with Gasteiger partial charge in [-0.3, -0.25) is 4.79 Å². The van der Waals surface area contributed by atoms with Crippen LogP contribution in [-0.2, 0) is 14.8 Å². The average Bonchev–Trinajstić information content (AvgIpc) is 2.46. The van der Waals surface area contributed by atoms with E-state index in [-0.39, 0.29) is 11.7 Å². The zero-order valence-electron chi connectivity index (χ0n) is 12.8. The summed E-state index contributed by atoms with van der Waals surface area (Å²) in [6, 6.07) is 4.94. The second-order valence-corrected chi connectivity index (χ2v) is 9.08. The van der Waals surface area contributed by atoms with E-state index in [2.05, 4.69) is 32.6 Å². The van der Waals surface area contributed by atoms with E-state index in [1.807, 2.05) is 31.4 Å². The molecule has 0 aliphatic carbocycles. The lowest BCUT2D eigenvalue weighted by atomic mass is 10.1. The summed E-state index contributed by atoms with van der Waals surface area (Å²) >= 11 is 3.78. The Balaban J connectivity index is 2.86. The molecule has 0 bridgehead atoms. The smallest absolute Gasteiger partial charge is 0.242 e. The summed E-state index contributed by atoms with van der Waals surface area (Å²) in [7, 11) is -3.42. The molecule has 0 spiro atoms. The molecule has 1 amide bonds. The molecule has 8 heteroatoms. The molecule has 1 atom stereocenters. The van der Waals surface area contributed by atoms with Gasteiger partial charge in [0.15, 0.2) is 0 Å². The predicted octanol–water partition coefficient (Wildman–Crippen LogP) is 2.60. The Morgan fingerprint density at radius 3 is 2.64 bits per heavy atom. The van der Waals surface area contributed by atoms with Crippen LogP contribution >= 0.6 is 34.4 Å². The maximum Gasteiger partial charge on any atom is 0.242 e. The van der Waals surface area contributed by atoms with Crippen molar-refractivity contribution < 1.29 is 13.2 Å². The summed E-state index contributed by atoms with van der Waals surface area (Å²) in [6.07, 6.45) is 2.38. The van der Waals surface area contributed by atoms with E-state index in [4.69, 9.17) is 0 Å². The number of halogens is 1. The summed E-state index contributed by atoms with van der Waals surface area (Å²) < 4.78 is 27.0. The molecule has 1 aromatic carbocycles. The van der Waals surface area contributed by atoms with Gasteiger partial charge in [0.2, 0.25) is 15.9 Å². The molecule has 1 unspecified atom stereocenters. The minimum absolute atomic E-state index is 0.0430. The highest BCUT2D eigenvalue weighted by molar-refractivity contribution is 14.1. The van der Waals surface area contributed by atoms with Gasteiger partial charge in [-0.25, -0.2) is 13.1 Å². The van der Waals surface area contributed by atoms with Crippen LogP contribution in [0.3, 0.4) is 0 Å². The first kappa shape index (κ1) is 19.7. The topological polar surface area (TPSA) is 75.3 Å². The lowest BCUT2D eigenvalue weighted by Crippen LogP contribution is -2.44. The van der Waals surface area contributed by atoms with Crippen molar-refractivity contribution in [1.29, 1.82) is 0 Å². The third-order valence-electron chi connectivity index (χ3n) is 3.08. The fraction of sp³-hybridized carbons (Fsp3) is 0.500. The van der Waals surface area contributed by atoms with Crippen molar-refractivity contribution in [2.24, 2.45) is 0 Å². The molecular formula is C14H21IN2O3S2. The Morgan fingerprint density at radius 1 is 1.41 bits per heavy atom. The molecule has 124 valence electrons. The van der Waals surface area contributed by atoms with E-state index in [1.54, 1.807) is 18.7 Å². The Bertz CT molecular complexity index is 621. The van der Waals surface area contributed by atoms with Crippen LogP contribution in [0.5, 0.6) is 0 Å². The number of anilines is 1. The lowest BCUT2D eigenvalue weighted by Gasteiger charge is -2.18. The monoisotopic (exact) mass is 456 g/mol. The van der Waals surface area contributed by atoms with Gasteiger partial charge < -0.3 is 5.32 Å². The van der Waals surface area contributed by atoms with Gasteiger partial charge in [0.05, 0.1) is 5.75 Å². The Hall–Kier alpha value is -0.320. The van der Waals surface area contributed by atoms with Crippen LogP contribution in [0.15, 0.2) is 18.2 Å². The quantitative estimate of drug-likeness (QED) is 0.590. The van der Waals surface area contributed by atoms with E-state index >= 15 is 0 Å². The number of amides is 1.